The fourth-order valence-electron chi connectivity index (χ4n) is 4.68. The zero-order valence-electron chi connectivity index (χ0n) is 18.1. The molecule has 0 radical (unpaired) electrons. The Bertz CT molecular complexity index is 1400. The van der Waals surface area contributed by atoms with E-state index in [0.29, 0.717) is 33.8 Å². The highest BCUT2D eigenvalue weighted by molar-refractivity contribution is 5.98. The molecule has 0 bridgehead atoms. The van der Waals surface area contributed by atoms with Crippen molar-refractivity contribution in [2.24, 2.45) is 0 Å². The molecule has 5 rings (SSSR count). The number of aryl methyl sites for hydroxylation is 1. The third-order valence-electron chi connectivity index (χ3n) is 6.11. The molecule has 0 amide bonds. The van der Waals surface area contributed by atoms with Crippen LogP contribution in [-0.2, 0) is 12.1 Å². The highest BCUT2D eigenvalue weighted by Gasteiger charge is 2.38. The topological polar surface area (TPSA) is 67.9 Å². The molecule has 0 saturated heterocycles. The van der Waals surface area contributed by atoms with Gasteiger partial charge in [-0.3, -0.25) is 4.57 Å². The van der Waals surface area contributed by atoms with E-state index in [-0.39, 0.29) is 30.0 Å². The van der Waals surface area contributed by atoms with Gasteiger partial charge in [0.25, 0.3) is 0 Å². The molecular weight excluding hydrogens is 419 g/mol. The lowest BCUT2D eigenvalue weighted by Crippen LogP contribution is -2.37. The second kappa shape index (κ2) is 6.83. The van der Waals surface area contributed by atoms with E-state index in [2.05, 4.69) is 15.5 Å². The van der Waals surface area contributed by atoms with E-state index >= 15 is 8.78 Å². The minimum absolute atomic E-state index is 0.0203. The van der Waals surface area contributed by atoms with Crippen LogP contribution in [0.5, 0.6) is 0 Å². The number of aliphatic hydroxyl groups is 1. The smallest absolute Gasteiger partial charge is 0.184 e. The quantitative estimate of drug-likeness (QED) is 0.489. The molecule has 2 aromatic carbocycles. The molecule has 3 heterocycles. The number of anilines is 1. The van der Waals surface area contributed by atoms with Crippen molar-refractivity contribution in [2.45, 2.75) is 39.8 Å². The zero-order chi connectivity index (χ0) is 22.9. The van der Waals surface area contributed by atoms with Gasteiger partial charge >= 0.3 is 0 Å². The molecule has 1 aliphatic rings. The first kappa shape index (κ1) is 20.6. The SMILES string of the molecule is Cc1c(-c2cc(F)cc3c2ccn3CCO)c(F)c(F)c2c1-n1c(C)nnc1C(C)(C)N2. The molecule has 0 spiro atoms. The Kier molecular flexibility index (Phi) is 4.39. The fourth-order valence-corrected chi connectivity index (χ4v) is 4.68. The number of benzene rings is 2. The van der Waals surface area contributed by atoms with Crippen molar-refractivity contribution in [1.82, 2.24) is 19.3 Å². The normalized spacial score (nSPS) is 14.4. The van der Waals surface area contributed by atoms with Gasteiger partial charge in [-0.1, -0.05) is 0 Å². The summed E-state index contributed by atoms with van der Waals surface area (Å²) in [5, 5.41) is 21.3. The Balaban J connectivity index is 1.87. The van der Waals surface area contributed by atoms with E-state index in [1.807, 2.05) is 13.8 Å². The average Bonchev–Trinajstić information content (AvgIpc) is 3.31. The van der Waals surface area contributed by atoms with Crippen LogP contribution in [0.2, 0.25) is 0 Å². The van der Waals surface area contributed by atoms with Gasteiger partial charge in [-0.25, -0.2) is 13.2 Å². The molecule has 4 aromatic rings. The summed E-state index contributed by atoms with van der Waals surface area (Å²) < 4.78 is 49.1. The van der Waals surface area contributed by atoms with E-state index < -0.39 is 23.0 Å². The summed E-state index contributed by atoms with van der Waals surface area (Å²) in [6.45, 7) is 7.19. The van der Waals surface area contributed by atoms with Gasteiger partial charge in [0, 0.05) is 23.7 Å². The lowest BCUT2D eigenvalue weighted by molar-refractivity contribution is 0.278. The summed E-state index contributed by atoms with van der Waals surface area (Å²) in [6.07, 6.45) is 1.69. The highest BCUT2D eigenvalue weighted by Crippen LogP contribution is 2.46. The molecule has 9 heteroatoms. The van der Waals surface area contributed by atoms with Gasteiger partial charge in [-0.15, -0.1) is 10.2 Å². The first-order chi connectivity index (χ1) is 15.2. The van der Waals surface area contributed by atoms with Crippen molar-refractivity contribution in [3.8, 4) is 16.8 Å². The first-order valence-electron chi connectivity index (χ1n) is 10.3. The number of nitrogens with one attached hydrogen (secondary N) is 1. The van der Waals surface area contributed by atoms with Gasteiger partial charge in [0.15, 0.2) is 17.5 Å². The molecule has 0 saturated carbocycles. The van der Waals surface area contributed by atoms with Crippen LogP contribution < -0.4 is 5.32 Å². The number of hydrogen-bond acceptors (Lipinski definition) is 4. The van der Waals surface area contributed by atoms with E-state index in [1.165, 1.54) is 12.1 Å². The van der Waals surface area contributed by atoms with Crippen LogP contribution in [0.1, 0.15) is 31.1 Å². The van der Waals surface area contributed by atoms with Crippen LogP contribution in [0, 0.1) is 31.3 Å². The number of aromatic nitrogens is 4. The summed E-state index contributed by atoms with van der Waals surface area (Å²) in [5.41, 5.74) is 0.804. The van der Waals surface area contributed by atoms with Crippen molar-refractivity contribution in [3.63, 3.8) is 0 Å². The maximum Gasteiger partial charge on any atom is 0.184 e. The van der Waals surface area contributed by atoms with Crippen LogP contribution in [0.3, 0.4) is 0 Å². The second-order valence-corrected chi connectivity index (χ2v) is 8.63. The number of halogens is 3. The Hall–Kier alpha value is -3.33. The van der Waals surface area contributed by atoms with Gasteiger partial charge in [-0.05, 0) is 57.0 Å². The van der Waals surface area contributed by atoms with Gasteiger partial charge < -0.3 is 15.0 Å². The first-order valence-corrected chi connectivity index (χ1v) is 10.3. The van der Waals surface area contributed by atoms with Crippen molar-refractivity contribution >= 4 is 16.6 Å². The minimum atomic E-state index is -1.06. The van der Waals surface area contributed by atoms with Crippen molar-refractivity contribution in [3.05, 3.63) is 59.1 Å². The largest absolute Gasteiger partial charge is 0.395 e. The molecule has 0 aliphatic carbocycles. The van der Waals surface area contributed by atoms with E-state index in [4.69, 9.17) is 0 Å². The van der Waals surface area contributed by atoms with Crippen molar-refractivity contribution in [2.75, 3.05) is 11.9 Å². The summed E-state index contributed by atoms with van der Waals surface area (Å²) in [4.78, 5) is 0. The molecule has 6 nitrogen and oxygen atoms in total. The van der Waals surface area contributed by atoms with Crippen molar-refractivity contribution in [1.29, 1.82) is 0 Å². The maximum absolute atomic E-state index is 15.6. The Morgan fingerprint density at radius 2 is 1.84 bits per heavy atom. The van der Waals surface area contributed by atoms with Crippen LogP contribution in [-0.4, -0.2) is 31.0 Å². The Morgan fingerprint density at radius 3 is 2.56 bits per heavy atom. The van der Waals surface area contributed by atoms with E-state index in [1.54, 1.807) is 35.2 Å². The zero-order valence-corrected chi connectivity index (χ0v) is 18.1. The molecule has 2 N–H and O–H groups in total. The summed E-state index contributed by atoms with van der Waals surface area (Å²) in [5.74, 6) is -1.57. The molecular formula is C23H22F3N5O. The minimum Gasteiger partial charge on any atom is -0.395 e. The predicted octanol–water partition coefficient (Wildman–Crippen LogP) is 4.58. The third-order valence-corrected chi connectivity index (χ3v) is 6.11. The van der Waals surface area contributed by atoms with Gasteiger partial charge in [0.2, 0.25) is 0 Å². The summed E-state index contributed by atoms with van der Waals surface area (Å²) in [7, 11) is 0. The standard InChI is InChI=1S/C23H22F3N5O/c1-11-17(15-9-13(24)10-16-14(15)5-6-30(16)7-8-32)18(25)19(26)20-21(11)31-12(2)28-29-22(31)23(3,4)27-20/h5-6,9-10,27,32H,7-8H2,1-4H3. The van der Waals surface area contributed by atoms with Gasteiger partial charge in [-0.2, -0.15) is 0 Å². The Morgan fingerprint density at radius 1 is 1.09 bits per heavy atom. The van der Waals surface area contributed by atoms with Crippen LogP contribution in [0.4, 0.5) is 18.9 Å². The molecule has 166 valence electrons. The number of nitrogens with zero attached hydrogens (tertiary/aromatic N) is 4. The monoisotopic (exact) mass is 441 g/mol. The molecule has 0 atom stereocenters. The third kappa shape index (κ3) is 2.70. The van der Waals surface area contributed by atoms with Crippen molar-refractivity contribution < 1.29 is 18.3 Å². The molecule has 0 unspecified atom stereocenters. The van der Waals surface area contributed by atoms with Crippen LogP contribution >= 0.6 is 0 Å². The molecule has 32 heavy (non-hydrogen) atoms. The van der Waals surface area contributed by atoms with E-state index in [0.717, 1.165) is 0 Å². The summed E-state index contributed by atoms with van der Waals surface area (Å²) in [6, 6.07) is 4.25. The Labute approximate surface area is 182 Å². The number of hydrogen-bond donors (Lipinski definition) is 2. The van der Waals surface area contributed by atoms with E-state index in [9.17, 15) is 9.50 Å². The molecule has 2 aromatic heterocycles. The summed E-state index contributed by atoms with van der Waals surface area (Å²) >= 11 is 0. The maximum atomic E-state index is 15.6. The predicted molar refractivity (Wildman–Crippen MR) is 115 cm³/mol. The van der Waals surface area contributed by atoms with Crippen LogP contribution in [0.15, 0.2) is 24.4 Å². The fraction of sp³-hybridized carbons (Fsp3) is 0.304. The number of rotatable bonds is 3. The average molecular weight is 441 g/mol. The molecule has 0 fully saturated rings. The number of aliphatic hydroxyl groups excluding tert-OH is 1. The van der Waals surface area contributed by atoms with Crippen LogP contribution in [0.25, 0.3) is 27.7 Å². The number of fused-ring (bicyclic) bond motifs is 4. The second-order valence-electron chi connectivity index (χ2n) is 8.63. The van der Waals surface area contributed by atoms with Gasteiger partial charge in [0.1, 0.15) is 11.6 Å². The highest BCUT2D eigenvalue weighted by atomic mass is 19.2. The molecule has 1 aliphatic heterocycles. The lowest BCUT2D eigenvalue weighted by Gasteiger charge is -2.35. The van der Waals surface area contributed by atoms with Gasteiger partial charge in [0.05, 0.1) is 29.0 Å². The lowest BCUT2D eigenvalue weighted by atomic mass is 9.91.